The van der Waals surface area contributed by atoms with Gasteiger partial charge in [-0.1, -0.05) is 12.1 Å². The number of aromatic amines is 1. The Labute approximate surface area is 191 Å². The molecule has 5 rings (SSSR count). The number of para-hydroxylation sites is 1. The van der Waals surface area contributed by atoms with Gasteiger partial charge in [0.15, 0.2) is 0 Å². The number of carbonyl (C=O) groups is 1. The molecule has 1 saturated heterocycles. The van der Waals surface area contributed by atoms with Gasteiger partial charge in [-0.05, 0) is 19.1 Å². The van der Waals surface area contributed by atoms with Gasteiger partial charge in [0.1, 0.15) is 0 Å². The number of fused-ring (bicyclic) bond motifs is 1. The number of benzene rings is 1. The SMILES string of the molecule is CC(C(=O)Nc1cccc2c(-c3ccnc(Nc4cnn(C)c4)n3)c[nH]c12)N1CCNCC1. The van der Waals surface area contributed by atoms with Crippen LogP contribution in [-0.4, -0.2) is 67.8 Å². The Morgan fingerprint density at radius 1 is 1.21 bits per heavy atom. The lowest BCUT2D eigenvalue weighted by atomic mass is 10.1. The number of hydrogen-bond acceptors (Lipinski definition) is 7. The van der Waals surface area contributed by atoms with Gasteiger partial charge in [-0.2, -0.15) is 5.10 Å². The molecule has 1 aliphatic heterocycles. The van der Waals surface area contributed by atoms with Crippen molar-refractivity contribution in [1.29, 1.82) is 0 Å². The molecule has 0 radical (unpaired) electrons. The first kappa shape index (κ1) is 21.1. The first-order valence-electron chi connectivity index (χ1n) is 11.0. The molecule has 170 valence electrons. The van der Waals surface area contributed by atoms with E-state index in [-0.39, 0.29) is 11.9 Å². The molecule has 1 aromatic carbocycles. The number of aryl methyl sites for hydroxylation is 1. The molecule has 4 N–H and O–H groups in total. The Balaban J connectivity index is 1.38. The summed E-state index contributed by atoms with van der Waals surface area (Å²) in [5.74, 6) is 0.481. The van der Waals surface area contributed by atoms with Crippen molar-refractivity contribution < 1.29 is 4.79 Å². The first-order valence-corrected chi connectivity index (χ1v) is 11.0. The van der Waals surface area contributed by atoms with Crippen molar-refractivity contribution in [2.45, 2.75) is 13.0 Å². The minimum atomic E-state index is -0.195. The standard InChI is InChI=1S/C23H27N9O/c1-15(32-10-8-24-9-11-32)22(33)29-20-5-3-4-17-18(13-26-21(17)20)19-6-7-25-23(30-19)28-16-12-27-31(2)14-16/h3-7,12-15,24,26H,8-11H2,1-2H3,(H,29,33)(H,25,28,30). The van der Waals surface area contributed by atoms with Crippen molar-refractivity contribution in [2.75, 3.05) is 36.8 Å². The van der Waals surface area contributed by atoms with Crippen LogP contribution in [0.4, 0.5) is 17.3 Å². The fourth-order valence-electron chi connectivity index (χ4n) is 4.13. The van der Waals surface area contributed by atoms with Gasteiger partial charge >= 0.3 is 0 Å². The van der Waals surface area contributed by atoms with E-state index >= 15 is 0 Å². The van der Waals surface area contributed by atoms with Crippen LogP contribution in [0.2, 0.25) is 0 Å². The molecule has 4 heterocycles. The molecule has 1 fully saturated rings. The molecule has 1 unspecified atom stereocenters. The van der Waals surface area contributed by atoms with E-state index in [1.165, 1.54) is 0 Å². The largest absolute Gasteiger partial charge is 0.359 e. The van der Waals surface area contributed by atoms with Crippen molar-refractivity contribution in [3.8, 4) is 11.3 Å². The molecule has 0 aliphatic carbocycles. The van der Waals surface area contributed by atoms with Gasteiger partial charge < -0.3 is 20.9 Å². The number of rotatable bonds is 6. The second-order valence-corrected chi connectivity index (χ2v) is 8.17. The second kappa shape index (κ2) is 9.00. The highest BCUT2D eigenvalue weighted by Gasteiger charge is 2.23. The third-order valence-corrected chi connectivity index (χ3v) is 5.94. The maximum absolute atomic E-state index is 12.9. The van der Waals surface area contributed by atoms with Gasteiger partial charge in [0, 0.05) is 62.8 Å². The number of nitrogens with one attached hydrogen (secondary N) is 4. The van der Waals surface area contributed by atoms with Crippen LogP contribution in [0.1, 0.15) is 6.92 Å². The van der Waals surface area contributed by atoms with Crippen molar-refractivity contribution in [2.24, 2.45) is 7.05 Å². The number of carbonyl (C=O) groups excluding carboxylic acids is 1. The third-order valence-electron chi connectivity index (χ3n) is 5.94. The van der Waals surface area contributed by atoms with Crippen LogP contribution in [0.15, 0.2) is 49.1 Å². The van der Waals surface area contributed by atoms with E-state index < -0.39 is 0 Å². The lowest BCUT2D eigenvalue weighted by Gasteiger charge is -2.31. The van der Waals surface area contributed by atoms with Crippen LogP contribution in [-0.2, 0) is 11.8 Å². The third kappa shape index (κ3) is 4.43. The van der Waals surface area contributed by atoms with Gasteiger partial charge in [-0.3, -0.25) is 14.4 Å². The summed E-state index contributed by atoms with van der Waals surface area (Å²) < 4.78 is 1.71. The average Bonchev–Trinajstić information content (AvgIpc) is 3.46. The normalized spacial score (nSPS) is 15.5. The Morgan fingerprint density at radius 2 is 2.06 bits per heavy atom. The molecule has 10 heteroatoms. The molecule has 0 spiro atoms. The maximum Gasteiger partial charge on any atom is 0.241 e. The number of nitrogens with zero attached hydrogens (tertiary/aromatic N) is 5. The number of amides is 1. The van der Waals surface area contributed by atoms with Crippen molar-refractivity contribution >= 4 is 34.1 Å². The molecular formula is C23H27N9O. The molecular weight excluding hydrogens is 418 g/mol. The molecule has 10 nitrogen and oxygen atoms in total. The zero-order valence-corrected chi connectivity index (χ0v) is 18.7. The van der Waals surface area contributed by atoms with Crippen LogP contribution in [0.3, 0.4) is 0 Å². The summed E-state index contributed by atoms with van der Waals surface area (Å²) in [6, 6.07) is 7.56. The Kier molecular flexibility index (Phi) is 5.76. The summed E-state index contributed by atoms with van der Waals surface area (Å²) in [6.07, 6.45) is 7.22. The number of H-pyrrole nitrogens is 1. The molecule has 33 heavy (non-hydrogen) atoms. The van der Waals surface area contributed by atoms with Gasteiger partial charge in [0.2, 0.25) is 11.9 Å². The lowest BCUT2D eigenvalue weighted by Crippen LogP contribution is -2.51. The van der Waals surface area contributed by atoms with E-state index in [1.807, 2.05) is 50.6 Å². The van der Waals surface area contributed by atoms with E-state index in [0.29, 0.717) is 5.95 Å². The van der Waals surface area contributed by atoms with Gasteiger partial charge in [0.05, 0.1) is 34.8 Å². The lowest BCUT2D eigenvalue weighted by molar-refractivity contribution is -0.120. The maximum atomic E-state index is 12.9. The summed E-state index contributed by atoms with van der Waals surface area (Å²) in [4.78, 5) is 27.4. The van der Waals surface area contributed by atoms with Crippen LogP contribution in [0.25, 0.3) is 22.2 Å². The zero-order valence-electron chi connectivity index (χ0n) is 18.7. The van der Waals surface area contributed by atoms with E-state index in [4.69, 9.17) is 0 Å². The summed E-state index contributed by atoms with van der Waals surface area (Å²) >= 11 is 0. The van der Waals surface area contributed by atoms with Crippen LogP contribution in [0.5, 0.6) is 0 Å². The second-order valence-electron chi connectivity index (χ2n) is 8.17. The van der Waals surface area contributed by atoms with E-state index in [1.54, 1.807) is 17.1 Å². The molecule has 3 aromatic heterocycles. The Hall–Kier alpha value is -3.76. The van der Waals surface area contributed by atoms with Crippen molar-refractivity contribution in [3.05, 3.63) is 49.1 Å². The number of aromatic nitrogens is 5. The van der Waals surface area contributed by atoms with Gasteiger partial charge in [0.25, 0.3) is 0 Å². The number of hydrogen-bond donors (Lipinski definition) is 4. The number of piperazine rings is 1. The summed E-state index contributed by atoms with van der Waals surface area (Å²) in [5.41, 5.74) is 4.16. The fourth-order valence-corrected chi connectivity index (χ4v) is 4.13. The Morgan fingerprint density at radius 3 is 2.85 bits per heavy atom. The first-order chi connectivity index (χ1) is 16.1. The monoisotopic (exact) mass is 445 g/mol. The zero-order chi connectivity index (χ0) is 22.8. The smallest absolute Gasteiger partial charge is 0.241 e. The minimum Gasteiger partial charge on any atom is -0.359 e. The highest BCUT2D eigenvalue weighted by atomic mass is 16.2. The fraction of sp³-hybridized carbons (Fsp3) is 0.304. The molecule has 0 saturated carbocycles. The quantitative estimate of drug-likeness (QED) is 0.360. The van der Waals surface area contributed by atoms with Gasteiger partial charge in [-0.15, -0.1) is 0 Å². The predicted molar refractivity (Wildman–Crippen MR) is 128 cm³/mol. The number of anilines is 3. The van der Waals surface area contributed by atoms with E-state index in [9.17, 15) is 4.79 Å². The van der Waals surface area contributed by atoms with Crippen molar-refractivity contribution in [3.63, 3.8) is 0 Å². The van der Waals surface area contributed by atoms with Crippen LogP contribution in [0, 0.1) is 0 Å². The Bertz CT molecular complexity index is 1270. The topological polar surface area (TPSA) is 116 Å². The van der Waals surface area contributed by atoms with Crippen LogP contribution >= 0.6 is 0 Å². The van der Waals surface area contributed by atoms with E-state index in [0.717, 1.165) is 59.7 Å². The highest BCUT2D eigenvalue weighted by molar-refractivity contribution is 6.06. The summed E-state index contributed by atoms with van der Waals surface area (Å²) in [7, 11) is 1.86. The average molecular weight is 446 g/mol. The molecule has 1 atom stereocenters. The van der Waals surface area contributed by atoms with Crippen LogP contribution < -0.4 is 16.0 Å². The predicted octanol–water partition coefficient (Wildman–Crippen LogP) is 2.33. The highest BCUT2D eigenvalue weighted by Crippen LogP contribution is 2.32. The molecule has 4 aromatic rings. The van der Waals surface area contributed by atoms with Gasteiger partial charge in [-0.25, -0.2) is 9.97 Å². The molecule has 0 bridgehead atoms. The molecule has 1 aliphatic rings. The van der Waals surface area contributed by atoms with E-state index in [2.05, 4.69) is 40.9 Å². The summed E-state index contributed by atoms with van der Waals surface area (Å²) in [6.45, 7) is 5.51. The molecule has 1 amide bonds. The van der Waals surface area contributed by atoms with Crippen molar-refractivity contribution in [1.82, 2.24) is 34.9 Å². The minimum absolute atomic E-state index is 0.00876. The summed E-state index contributed by atoms with van der Waals surface area (Å²) in [5, 5.41) is 14.7.